The third kappa shape index (κ3) is 4.82. The normalized spacial score (nSPS) is 17.5. The van der Waals surface area contributed by atoms with Crippen LogP contribution in [0, 0.1) is 10.5 Å². The number of carbonyl (C=O) groups excluding carboxylic acids is 1. The molecular weight excluding hydrogens is 645 g/mol. The average molecular weight is 676 g/mol. The number of benzene rings is 1. The zero-order valence-electron chi connectivity index (χ0n) is 22.7. The smallest absolute Gasteiger partial charge is 0.420 e. The molecule has 0 spiro atoms. The van der Waals surface area contributed by atoms with Crippen LogP contribution in [-0.4, -0.2) is 73.1 Å². The van der Waals surface area contributed by atoms with E-state index in [1.807, 2.05) is 45.9 Å². The summed E-state index contributed by atoms with van der Waals surface area (Å²) in [6.45, 7) is 9.14. The molecule has 1 atom stereocenters. The van der Waals surface area contributed by atoms with Crippen molar-refractivity contribution in [1.82, 2.24) is 24.5 Å². The van der Waals surface area contributed by atoms with Crippen molar-refractivity contribution in [3.63, 3.8) is 0 Å². The van der Waals surface area contributed by atoms with Gasteiger partial charge in [0.25, 0.3) is 0 Å². The number of carboxylic acid groups (broad SMARTS) is 1. The molecule has 1 N–H and O–H groups in total. The van der Waals surface area contributed by atoms with Crippen molar-refractivity contribution in [2.45, 2.75) is 58.6 Å². The molecule has 0 radical (unpaired) electrons. The van der Waals surface area contributed by atoms with Gasteiger partial charge in [-0.15, -0.1) is 11.3 Å². The summed E-state index contributed by atoms with van der Waals surface area (Å²) in [6, 6.07) is 5.78. The van der Waals surface area contributed by atoms with Crippen LogP contribution in [0.1, 0.15) is 44.2 Å². The highest BCUT2D eigenvalue weighted by Gasteiger charge is 2.38. The number of halogens is 1. The molecule has 210 valence electrons. The first-order chi connectivity index (χ1) is 19.0. The van der Waals surface area contributed by atoms with Crippen LogP contribution in [0.25, 0.3) is 15.9 Å². The van der Waals surface area contributed by atoms with Crippen LogP contribution in [0.15, 0.2) is 24.4 Å². The Balaban J connectivity index is 1.53. The van der Waals surface area contributed by atoms with Gasteiger partial charge >= 0.3 is 12.2 Å². The maximum absolute atomic E-state index is 14.0. The number of hydrogen-bond donors (Lipinski definition) is 1. The molecule has 5 heterocycles. The fraction of sp³-hybridized carbons (Fsp3) is 0.444. The van der Waals surface area contributed by atoms with Gasteiger partial charge in [0, 0.05) is 31.2 Å². The van der Waals surface area contributed by atoms with E-state index in [0.29, 0.717) is 43.2 Å². The van der Waals surface area contributed by atoms with E-state index in [1.165, 1.54) is 4.90 Å². The molecule has 3 aromatic heterocycles. The van der Waals surface area contributed by atoms with Gasteiger partial charge in [0.05, 0.1) is 30.7 Å². The number of anilines is 3. The van der Waals surface area contributed by atoms with Crippen LogP contribution in [0.2, 0.25) is 0 Å². The number of rotatable bonds is 3. The number of fused-ring (bicyclic) bond motifs is 3. The minimum atomic E-state index is -0.900. The highest BCUT2D eigenvalue weighted by Crippen LogP contribution is 2.41. The molecule has 2 aliphatic rings. The van der Waals surface area contributed by atoms with Crippen molar-refractivity contribution in [2.24, 2.45) is 0 Å². The number of hydrogen-bond acceptors (Lipinski definition) is 8. The zero-order chi connectivity index (χ0) is 28.3. The second kappa shape index (κ2) is 10.0. The summed E-state index contributed by atoms with van der Waals surface area (Å²) < 4.78 is 9.49. The lowest BCUT2D eigenvalue weighted by atomic mass is 10.0. The molecule has 1 aromatic carbocycles. The number of piperidine rings is 1. The van der Waals surface area contributed by atoms with E-state index in [-0.39, 0.29) is 6.04 Å². The van der Waals surface area contributed by atoms with E-state index in [9.17, 15) is 14.7 Å². The van der Waals surface area contributed by atoms with E-state index in [2.05, 4.69) is 37.6 Å². The van der Waals surface area contributed by atoms with E-state index in [0.717, 1.165) is 43.0 Å². The topological polar surface area (TPSA) is 116 Å². The van der Waals surface area contributed by atoms with Gasteiger partial charge in [-0.1, -0.05) is 0 Å². The summed E-state index contributed by atoms with van der Waals surface area (Å²) in [5, 5.41) is 15.2. The second-order valence-electron chi connectivity index (χ2n) is 11.1. The summed E-state index contributed by atoms with van der Waals surface area (Å²) in [5.41, 5.74) is 2.32. The van der Waals surface area contributed by atoms with Crippen molar-refractivity contribution in [2.75, 3.05) is 29.4 Å². The molecule has 0 aliphatic carbocycles. The summed E-state index contributed by atoms with van der Waals surface area (Å²) in [5.74, 6) is 1.35. The molecule has 11 nitrogen and oxygen atoms in total. The number of ether oxygens (including phenoxy) is 1. The fourth-order valence-corrected chi connectivity index (χ4v) is 6.86. The van der Waals surface area contributed by atoms with Crippen LogP contribution in [0.4, 0.5) is 26.9 Å². The zero-order valence-corrected chi connectivity index (χ0v) is 25.7. The highest BCUT2D eigenvalue weighted by atomic mass is 127. The van der Waals surface area contributed by atoms with Crippen molar-refractivity contribution < 1.29 is 19.4 Å². The number of thiazole rings is 1. The molecule has 0 unspecified atom stereocenters. The maximum atomic E-state index is 14.0. The Morgan fingerprint density at radius 1 is 1.23 bits per heavy atom. The molecule has 4 aromatic rings. The van der Waals surface area contributed by atoms with Crippen molar-refractivity contribution >= 4 is 79.3 Å². The van der Waals surface area contributed by atoms with Crippen LogP contribution in [-0.2, 0) is 11.2 Å². The standard InChI is InChI=1S/C27H30IN7O4S/c1-15-30-20-8-7-16(12-21(20)40-15)34(26(38)39-27(2,3)4)24-18-9-11-33(17-6-5-10-32(14-17)25(36)37)22(18)31-23-19(28)13-29-35(23)24/h7-8,12-13,17H,5-6,9-11,14H2,1-4H3,(H,36,37)/t17-/m0/s1. The Morgan fingerprint density at radius 2 is 2.02 bits per heavy atom. The van der Waals surface area contributed by atoms with E-state index in [1.54, 1.807) is 26.9 Å². The quantitative estimate of drug-likeness (QED) is 0.270. The predicted octanol–water partition coefficient (Wildman–Crippen LogP) is 5.83. The molecule has 13 heteroatoms. The van der Waals surface area contributed by atoms with Gasteiger partial charge in [0.1, 0.15) is 11.4 Å². The maximum Gasteiger partial charge on any atom is 0.420 e. The lowest BCUT2D eigenvalue weighted by molar-refractivity contribution is 0.0597. The lowest BCUT2D eigenvalue weighted by Crippen LogP contribution is -2.49. The van der Waals surface area contributed by atoms with E-state index >= 15 is 0 Å². The first-order valence-electron chi connectivity index (χ1n) is 13.2. The van der Waals surface area contributed by atoms with Gasteiger partial charge < -0.3 is 19.6 Å². The van der Waals surface area contributed by atoms with E-state index < -0.39 is 17.8 Å². The molecule has 0 bridgehead atoms. The summed E-state index contributed by atoms with van der Waals surface area (Å²) in [6.07, 6.45) is 2.63. The summed E-state index contributed by atoms with van der Waals surface area (Å²) in [7, 11) is 0. The molecule has 2 aliphatic heterocycles. The van der Waals surface area contributed by atoms with Gasteiger partial charge in [-0.3, -0.25) is 0 Å². The first-order valence-corrected chi connectivity index (χ1v) is 15.1. The van der Waals surface area contributed by atoms with Crippen LogP contribution in [0.5, 0.6) is 0 Å². The van der Waals surface area contributed by atoms with E-state index in [4.69, 9.17) is 9.72 Å². The van der Waals surface area contributed by atoms with Crippen LogP contribution < -0.4 is 9.80 Å². The lowest BCUT2D eigenvalue weighted by Gasteiger charge is -2.37. The Morgan fingerprint density at radius 3 is 2.77 bits per heavy atom. The molecule has 6 rings (SSSR count). The summed E-state index contributed by atoms with van der Waals surface area (Å²) in [4.78, 5) is 40.6. The molecule has 0 saturated carbocycles. The van der Waals surface area contributed by atoms with Crippen molar-refractivity contribution in [1.29, 1.82) is 0 Å². The Kier molecular flexibility index (Phi) is 6.76. The van der Waals surface area contributed by atoms with Crippen LogP contribution in [0.3, 0.4) is 0 Å². The average Bonchev–Trinajstić information content (AvgIpc) is 3.58. The summed E-state index contributed by atoms with van der Waals surface area (Å²) >= 11 is 3.78. The van der Waals surface area contributed by atoms with Crippen LogP contribution >= 0.6 is 33.9 Å². The molecule has 1 saturated heterocycles. The molecular formula is C27H30IN7O4S. The fourth-order valence-electron chi connectivity index (χ4n) is 5.53. The van der Waals surface area contributed by atoms with Gasteiger partial charge in [-0.05, 0) is 87.7 Å². The largest absolute Gasteiger partial charge is 0.465 e. The number of carbonyl (C=O) groups is 2. The highest BCUT2D eigenvalue weighted by molar-refractivity contribution is 14.1. The SMILES string of the molecule is Cc1nc2ccc(N(C(=O)OC(C)(C)C)c3c4c(nc5c(I)cnn35)N([C@H]3CCCN(C(=O)O)C3)CC4)cc2s1. The van der Waals surface area contributed by atoms with Gasteiger partial charge in [0.15, 0.2) is 11.5 Å². The monoisotopic (exact) mass is 675 g/mol. The minimum absolute atomic E-state index is 0.000905. The minimum Gasteiger partial charge on any atom is -0.465 e. The third-order valence-electron chi connectivity index (χ3n) is 7.16. The second-order valence-corrected chi connectivity index (χ2v) is 13.5. The van der Waals surface area contributed by atoms with Gasteiger partial charge in [-0.2, -0.15) is 9.61 Å². The molecule has 1 fully saturated rings. The van der Waals surface area contributed by atoms with Gasteiger partial charge in [-0.25, -0.2) is 24.5 Å². The van der Waals surface area contributed by atoms with Crippen molar-refractivity contribution in [3.8, 4) is 0 Å². The van der Waals surface area contributed by atoms with Gasteiger partial charge in [0.2, 0.25) is 0 Å². The number of amides is 2. The number of aryl methyl sites for hydroxylation is 1. The predicted molar refractivity (Wildman–Crippen MR) is 162 cm³/mol. The Hall–Kier alpha value is -3.20. The first kappa shape index (κ1) is 27.0. The number of nitrogens with zero attached hydrogens (tertiary/aromatic N) is 7. The number of likely N-dealkylation sites (tertiary alicyclic amines) is 1. The number of aromatic nitrogens is 4. The molecule has 2 amide bonds. The Labute approximate surface area is 248 Å². The molecule has 40 heavy (non-hydrogen) atoms. The Bertz CT molecular complexity index is 1650. The third-order valence-corrected chi connectivity index (χ3v) is 8.86. The van der Waals surface area contributed by atoms with Crippen molar-refractivity contribution in [3.05, 3.63) is 38.5 Å².